The second-order valence-electron chi connectivity index (χ2n) is 6.46. The third-order valence-electron chi connectivity index (χ3n) is 4.77. The molecule has 1 saturated heterocycles. The molecular weight excluding hydrogens is 360 g/mol. The Kier molecular flexibility index (Phi) is 4.58. The SMILES string of the molecule is Cc1nc2n(n1)C(=O)C(C(c1ccccc1Cl)N1CCC(O)CC1)S2. The van der Waals surface area contributed by atoms with Crippen LogP contribution in [0.1, 0.15) is 35.1 Å². The zero-order valence-corrected chi connectivity index (χ0v) is 15.4. The third kappa shape index (κ3) is 3.10. The maximum Gasteiger partial charge on any atom is 0.264 e. The Morgan fingerprint density at radius 2 is 2.04 bits per heavy atom. The quantitative estimate of drug-likeness (QED) is 0.885. The van der Waals surface area contributed by atoms with Crippen LogP contribution in [0.4, 0.5) is 0 Å². The first-order valence-corrected chi connectivity index (χ1v) is 9.61. The largest absolute Gasteiger partial charge is 0.393 e. The molecular formula is C17H19ClN4O2S. The summed E-state index contributed by atoms with van der Waals surface area (Å²) in [6, 6.07) is 7.50. The Hall–Kier alpha value is -1.41. The molecule has 2 aromatic rings. The van der Waals surface area contributed by atoms with E-state index in [0.29, 0.717) is 28.8 Å². The summed E-state index contributed by atoms with van der Waals surface area (Å²) in [6.07, 6.45) is 1.14. The van der Waals surface area contributed by atoms with Gasteiger partial charge in [-0.25, -0.2) is 4.98 Å². The zero-order valence-electron chi connectivity index (χ0n) is 13.8. The predicted octanol–water partition coefficient (Wildman–Crippen LogP) is 2.55. The summed E-state index contributed by atoms with van der Waals surface area (Å²) in [5, 5.41) is 15.0. The second kappa shape index (κ2) is 6.72. The van der Waals surface area contributed by atoms with Gasteiger partial charge in [-0.05, 0) is 31.4 Å². The molecule has 0 saturated carbocycles. The Balaban J connectivity index is 1.70. The lowest BCUT2D eigenvalue weighted by Crippen LogP contribution is -2.44. The monoisotopic (exact) mass is 378 g/mol. The molecule has 0 spiro atoms. The second-order valence-corrected chi connectivity index (χ2v) is 7.98. The lowest BCUT2D eigenvalue weighted by molar-refractivity contribution is 0.0552. The van der Waals surface area contributed by atoms with E-state index in [1.165, 1.54) is 16.4 Å². The first-order valence-electron chi connectivity index (χ1n) is 8.35. The molecule has 4 rings (SSSR count). The van der Waals surface area contributed by atoms with Gasteiger partial charge in [-0.2, -0.15) is 4.68 Å². The lowest BCUT2D eigenvalue weighted by Gasteiger charge is -2.38. The Morgan fingerprint density at radius 1 is 1.32 bits per heavy atom. The van der Waals surface area contributed by atoms with E-state index in [9.17, 15) is 9.90 Å². The van der Waals surface area contributed by atoms with E-state index < -0.39 is 0 Å². The summed E-state index contributed by atoms with van der Waals surface area (Å²) in [4.78, 5) is 19.6. The maximum absolute atomic E-state index is 13.0. The normalized spacial score (nSPS) is 23.0. The smallest absolute Gasteiger partial charge is 0.264 e. The number of nitrogens with zero attached hydrogens (tertiary/aromatic N) is 4. The maximum atomic E-state index is 13.0. The van der Waals surface area contributed by atoms with E-state index in [-0.39, 0.29) is 23.3 Å². The van der Waals surface area contributed by atoms with Gasteiger partial charge in [0.05, 0.1) is 12.1 Å². The highest BCUT2D eigenvalue weighted by Crippen LogP contribution is 2.43. The van der Waals surface area contributed by atoms with Crippen LogP contribution in [0.2, 0.25) is 5.02 Å². The number of aryl methyl sites for hydroxylation is 1. The molecule has 0 radical (unpaired) electrons. The number of hydrogen-bond donors (Lipinski definition) is 1. The summed E-state index contributed by atoms with van der Waals surface area (Å²) in [5.74, 6) is 0.543. The molecule has 132 valence electrons. The minimum absolute atomic E-state index is 0.0587. The van der Waals surface area contributed by atoms with Crippen molar-refractivity contribution >= 4 is 29.3 Å². The Labute approximate surface area is 155 Å². The van der Waals surface area contributed by atoms with Crippen LogP contribution < -0.4 is 0 Å². The highest BCUT2D eigenvalue weighted by atomic mass is 35.5. The van der Waals surface area contributed by atoms with Crippen LogP contribution in [0.3, 0.4) is 0 Å². The molecule has 1 fully saturated rings. The molecule has 8 heteroatoms. The lowest BCUT2D eigenvalue weighted by atomic mass is 9.97. The zero-order chi connectivity index (χ0) is 17.6. The number of piperidine rings is 1. The van der Waals surface area contributed by atoms with Crippen molar-refractivity contribution in [3.8, 4) is 0 Å². The number of aliphatic hydroxyl groups excluding tert-OH is 1. The topological polar surface area (TPSA) is 71.2 Å². The van der Waals surface area contributed by atoms with Gasteiger partial charge in [0, 0.05) is 18.1 Å². The molecule has 1 N–H and O–H groups in total. The van der Waals surface area contributed by atoms with Gasteiger partial charge in [0.25, 0.3) is 5.91 Å². The number of thioether (sulfide) groups is 1. The van der Waals surface area contributed by atoms with E-state index in [1.54, 1.807) is 6.92 Å². The van der Waals surface area contributed by atoms with Gasteiger partial charge in [-0.15, -0.1) is 5.10 Å². The number of hydrogen-bond acceptors (Lipinski definition) is 6. The van der Waals surface area contributed by atoms with Crippen LogP contribution in [0.5, 0.6) is 0 Å². The Bertz CT molecular complexity index is 804. The van der Waals surface area contributed by atoms with Gasteiger partial charge in [-0.1, -0.05) is 41.6 Å². The van der Waals surface area contributed by atoms with Crippen molar-refractivity contribution in [2.45, 2.75) is 42.3 Å². The van der Waals surface area contributed by atoms with E-state index >= 15 is 0 Å². The molecule has 6 nitrogen and oxygen atoms in total. The van der Waals surface area contributed by atoms with Crippen molar-refractivity contribution < 1.29 is 9.90 Å². The highest BCUT2D eigenvalue weighted by molar-refractivity contribution is 8.00. The summed E-state index contributed by atoms with van der Waals surface area (Å²) in [6.45, 7) is 3.25. The average molecular weight is 379 g/mol. The summed E-state index contributed by atoms with van der Waals surface area (Å²) < 4.78 is 1.41. The number of aliphatic hydroxyl groups is 1. The fourth-order valence-corrected chi connectivity index (χ4v) is 5.07. The van der Waals surface area contributed by atoms with E-state index in [4.69, 9.17) is 11.6 Å². The van der Waals surface area contributed by atoms with Crippen LogP contribution in [-0.2, 0) is 0 Å². The van der Waals surface area contributed by atoms with Crippen molar-refractivity contribution in [2.24, 2.45) is 0 Å². The minimum Gasteiger partial charge on any atom is -0.393 e. The van der Waals surface area contributed by atoms with E-state index in [1.807, 2.05) is 24.3 Å². The molecule has 0 aliphatic carbocycles. The molecule has 2 aliphatic heterocycles. The van der Waals surface area contributed by atoms with Gasteiger partial charge in [-0.3, -0.25) is 9.69 Å². The van der Waals surface area contributed by atoms with Crippen molar-refractivity contribution in [2.75, 3.05) is 13.1 Å². The number of benzene rings is 1. The molecule has 2 unspecified atom stereocenters. The van der Waals surface area contributed by atoms with Gasteiger partial charge in [0.2, 0.25) is 0 Å². The summed E-state index contributed by atoms with van der Waals surface area (Å²) >= 11 is 7.92. The van der Waals surface area contributed by atoms with Crippen molar-refractivity contribution in [1.29, 1.82) is 0 Å². The number of likely N-dealkylation sites (tertiary alicyclic amines) is 1. The third-order valence-corrected chi connectivity index (χ3v) is 6.30. The molecule has 25 heavy (non-hydrogen) atoms. The van der Waals surface area contributed by atoms with Crippen LogP contribution in [-0.4, -0.2) is 55.1 Å². The molecule has 0 amide bonds. The van der Waals surface area contributed by atoms with Gasteiger partial charge < -0.3 is 5.11 Å². The van der Waals surface area contributed by atoms with Crippen LogP contribution >= 0.6 is 23.4 Å². The number of halogens is 1. The first kappa shape index (κ1) is 17.0. The molecule has 2 atom stereocenters. The highest BCUT2D eigenvalue weighted by Gasteiger charge is 2.44. The van der Waals surface area contributed by atoms with Crippen molar-refractivity contribution in [3.05, 3.63) is 40.7 Å². The molecule has 2 aliphatic rings. The molecule has 0 bridgehead atoms. The van der Waals surface area contributed by atoms with Crippen molar-refractivity contribution in [3.63, 3.8) is 0 Å². The van der Waals surface area contributed by atoms with Gasteiger partial charge in [0.15, 0.2) is 5.16 Å². The molecule has 1 aromatic carbocycles. The van der Waals surface area contributed by atoms with Gasteiger partial charge >= 0.3 is 0 Å². The molecule has 3 heterocycles. The first-order chi connectivity index (χ1) is 12.0. The van der Waals surface area contributed by atoms with Crippen molar-refractivity contribution in [1.82, 2.24) is 19.7 Å². The molecule has 1 aromatic heterocycles. The fourth-order valence-electron chi connectivity index (χ4n) is 3.53. The van der Waals surface area contributed by atoms with Gasteiger partial charge in [0.1, 0.15) is 11.1 Å². The number of fused-ring (bicyclic) bond motifs is 1. The van der Waals surface area contributed by atoms with E-state index in [0.717, 1.165) is 18.7 Å². The summed E-state index contributed by atoms with van der Waals surface area (Å²) in [7, 11) is 0. The standard InChI is InChI=1S/C17H19ClN4O2S/c1-10-19-17-22(20-10)16(24)15(25-17)14(12-4-2-3-5-13(12)18)21-8-6-11(23)7-9-21/h2-5,11,14-15,23H,6-9H2,1H3. The summed E-state index contributed by atoms with van der Waals surface area (Å²) in [5.41, 5.74) is 0.939. The minimum atomic E-state index is -0.342. The number of aromatic nitrogens is 3. The predicted molar refractivity (Wildman–Crippen MR) is 96.0 cm³/mol. The average Bonchev–Trinajstić information content (AvgIpc) is 3.09. The van der Waals surface area contributed by atoms with Crippen LogP contribution in [0, 0.1) is 6.92 Å². The number of rotatable bonds is 3. The number of carbonyl (C=O) groups is 1. The van der Waals surface area contributed by atoms with E-state index in [2.05, 4.69) is 15.0 Å². The number of carbonyl (C=O) groups excluding carboxylic acids is 1. The Morgan fingerprint density at radius 3 is 2.72 bits per heavy atom. The van der Waals surface area contributed by atoms with Crippen LogP contribution in [0.25, 0.3) is 0 Å². The van der Waals surface area contributed by atoms with Crippen LogP contribution in [0.15, 0.2) is 29.4 Å². The fraction of sp³-hybridized carbons (Fsp3) is 0.471.